The third kappa shape index (κ3) is 3.45. The van der Waals surface area contributed by atoms with Crippen LogP contribution in [-0.4, -0.2) is 45.8 Å². The molecule has 1 saturated heterocycles. The number of carbonyl (C=O) groups excluding carboxylic acids is 1. The Morgan fingerprint density at radius 3 is 2.63 bits per heavy atom. The lowest BCUT2D eigenvalue weighted by atomic mass is 10.1. The van der Waals surface area contributed by atoms with Gasteiger partial charge in [-0.05, 0) is 37.5 Å². The summed E-state index contributed by atoms with van der Waals surface area (Å²) >= 11 is 0. The van der Waals surface area contributed by atoms with Crippen LogP contribution in [0.15, 0.2) is 24.3 Å². The van der Waals surface area contributed by atoms with Crippen LogP contribution in [0.3, 0.4) is 0 Å². The van der Waals surface area contributed by atoms with Crippen LogP contribution in [0.5, 0.6) is 5.75 Å². The summed E-state index contributed by atoms with van der Waals surface area (Å²) in [5.74, 6) is 0.0603. The number of nitrogens with two attached hydrogens (primary N) is 1. The monoisotopic (exact) mass is 264 g/mol. The first-order chi connectivity index (χ1) is 8.87. The molecule has 104 valence electrons. The predicted octanol–water partition coefficient (Wildman–Crippen LogP) is 0.245. The summed E-state index contributed by atoms with van der Waals surface area (Å²) in [6.45, 7) is 2.62. The molecular weight excluding hydrogens is 244 g/mol. The van der Waals surface area contributed by atoms with Gasteiger partial charge in [0.2, 0.25) is 5.91 Å². The highest BCUT2D eigenvalue weighted by Gasteiger charge is 2.35. The van der Waals surface area contributed by atoms with Gasteiger partial charge in [-0.15, -0.1) is 0 Å². The van der Waals surface area contributed by atoms with Crippen molar-refractivity contribution >= 4 is 5.91 Å². The first-order valence-corrected chi connectivity index (χ1v) is 6.42. The Kier molecular flexibility index (Phi) is 3.78. The van der Waals surface area contributed by atoms with Crippen LogP contribution in [0.25, 0.3) is 0 Å². The van der Waals surface area contributed by atoms with Crippen molar-refractivity contribution in [3.63, 3.8) is 0 Å². The largest absolute Gasteiger partial charge is 0.508 e. The van der Waals surface area contributed by atoms with Gasteiger partial charge in [-0.3, -0.25) is 4.79 Å². The predicted molar refractivity (Wildman–Crippen MR) is 71.6 cm³/mol. The third-order valence-corrected chi connectivity index (χ3v) is 3.47. The highest BCUT2D eigenvalue weighted by Crippen LogP contribution is 2.21. The molecule has 0 bridgehead atoms. The molecule has 1 amide bonds. The maximum absolute atomic E-state index is 12.1. The molecule has 1 unspecified atom stereocenters. The molecule has 1 aromatic carbocycles. The molecule has 0 aliphatic carbocycles. The van der Waals surface area contributed by atoms with Gasteiger partial charge in [0.25, 0.3) is 0 Å². The van der Waals surface area contributed by atoms with Gasteiger partial charge in [0.05, 0.1) is 11.6 Å². The van der Waals surface area contributed by atoms with Crippen molar-refractivity contribution in [3.8, 4) is 5.75 Å². The molecule has 0 radical (unpaired) electrons. The number of hydrogen-bond acceptors (Lipinski definition) is 4. The Hall–Kier alpha value is -1.59. The SMILES string of the molecule is CC1(O)CCN(C(=O)[C@@H](N)Cc2ccc(O)cc2)C1. The molecule has 1 fully saturated rings. The first-order valence-electron chi connectivity index (χ1n) is 6.42. The minimum atomic E-state index is -0.798. The van der Waals surface area contributed by atoms with Crippen LogP contribution in [-0.2, 0) is 11.2 Å². The molecule has 1 aliphatic rings. The molecule has 4 N–H and O–H groups in total. The molecule has 1 heterocycles. The number of nitrogens with zero attached hydrogens (tertiary/aromatic N) is 1. The van der Waals surface area contributed by atoms with E-state index in [0.717, 1.165) is 5.56 Å². The lowest BCUT2D eigenvalue weighted by Crippen LogP contribution is -2.45. The van der Waals surface area contributed by atoms with Crippen molar-refractivity contribution in [2.24, 2.45) is 5.73 Å². The summed E-state index contributed by atoms with van der Waals surface area (Å²) < 4.78 is 0. The number of phenols is 1. The molecule has 2 atom stereocenters. The molecular formula is C14H20N2O3. The van der Waals surface area contributed by atoms with Crippen molar-refractivity contribution in [3.05, 3.63) is 29.8 Å². The normalized spacial score (nSPS) is 24.5. The van der Waals surface area contributed by atoms with Crippen LogP contribution >= 0.6 is 0 Å². The number of benzene rings is 1. The zero-order chi connectivity index (χ0) is 14.0. The maximum atomic E-state index is 12.1. The molecule has 0 spiro atoms. The smallest absolute Gasteiger partial charge is 0.239 e. The van der Waals surface area contributed by atoms with Crippen molar-refractivity contribution in [2.45, 2.75) is 31.4 Å². The Balaban J connectivity index is 1.94. The molecule has 0 aromatic heterocycles. The summed E-state index contributed by atoms with van der Waals surface area (Å²) in [5.41, 5.74) is 6.03. The average Bonchev–Trinajstić information content (AvgIpc) is 2.71. The van der Waals surface area contributed by atoms with E-state index < -0.39 is 11.6 Å². The molecule has 1 aromatic rings. The van der Waals surface area contributed by atoms with E-state index >= 15 is 0 Å². The summed E-state index contributed by atoms with van der Waals surface area (Å²) in [6, 6.07) is 6.05. The Bertz CT molecular complexity index is 456. The van der Waals surface area contributed by atoms with Crippen molar-refractivity contribution in [2.75, 3.05) is 13.1 Å². The van der Waals surface area contributed by atoms with Crippen LogP contribution < -0.4 is 5.73 Å². The van der Waals surface area contributed by atoms with E-state index in [1.807, 2.05) is 0 Å². The number of amides is 1. The fourth-order valence-corrected chi connectivity index (χ4v) is 2.34. The Labute approximate surface area is 112 Å². The quantitative estimate of drug-likeness (QED) is 0.730. The van der Waals surface area contributed by atoms with Crippen molar-refractivity contribution in [1.82, 2.24) is 4.90 Å². The molecule has 19 heavy (non-hydrogen) atoms. The fourth-order valence-electron chi connectivity index (χ4n) is 2.34. The number of carbonyl (C=O) groups is 1. The maximum Gasteiger partial charge on any atom is 0.239 e. The summed E-state index contributed by atoms with van der Waals surface area (Å²) in [7, 11) is 0. The van der Waals surface area contributed by atoms with Crippen molar-refractivity contribution < 1.29 is 15.0 Å². The molecule has 5 heteroatoms. The second-order valence-electron chi connectivity index (χ2n) is 5.48. The van der Waals surface area contributed by atoms with Crippen LogP contribution in [0.2, 0.25) is 0 Å². The summed E-state index contributed by atoms with van der Waals surface area (Å²) in [6.07, 6.45) is 1.02. The van der Waals surface area contributed by atoms with E-state index in [-0.39, 0.29) is 11.7 Å². The number of β-amino-alcohol motifs (C(OH)–C–C–N with tert-alkyl or cyclic N) is 1. The standard InChI is InChI=1S/C14H20N2O3/c1-14(19)6-7-16(9-14)13(18)12(15)8-10-2-4-11(17)5-3-10/h2-5,12,17,19H,6-9,15H2,1H3/t12-,14?/m0/s1. The number of aliphatic hydroxyl groups is 1. The highest BCUT2D eigenvalue weighted by atomic mass is 16.3. The lowest BCUT2D eigenvalue weighted by Gasteiger charge is -2.22. The van der Waals surface area contributed by atoms with Gasteiger partial charge in [-0.2, -0.15) is 0 Å². The third-order valence-electron chi connectivity index (χ3n) is 3.47. The number of phenolic OH excluding ortho intramolecular Hbond substituents is 1. The fraction of sp³-hybridized carbons (Fsp3) is 0.500. The van der Waals surface area contributed by atoms with Gasteiger partial charge < -0.3 is 20.8 Å². The van der Waals surface area contributed by atoms with E-state index in [4.69, 9.17) is 5.73 Å². The summed E-state index contributed by atoms with van der Waals surface area (Å²) in [5, 5.41) is 19.0. The zero-order valence-corrected chi connectivity index (χ0v) is 11.0. The first kappa shape index (κ1) is 13.8. The highest BCUT2D eigenvalue weighted by molar-refractivity contribution is 5.82. The van der Waals surface area contributed by atoms with Gasteiger partial charge >= 0.3 is 0 Å². The van der Waals surface area contributed by atoms with Crippen LogP contribution in [0, 0.1) is 0 Å². The number of hydrogen-bond donors (Lipinski definition) is 3. The van der Waals surface area contributed by atoms with E-state index in [1.54, 1.807) is 36.1 Å². The minimum absolute atomic E-state index is 0.133. The number of likely N-dealkylation sites (tertiary alicyclic amines) is 1. The van der Waals surface area contributed by atoms with E-state index in [1.165, 1.54) is 0 Å². The molecule has 0 saturated carbocycles. The topological polar surface area (TPSA) is 86.8 Å². The second kappa shape index (κ2) is 5.19. The van der Waals surface area contributed by atoms with Crippen LogP contribution in [0.1, 0.15) is 18.9 Å². The molecule has 2 rings (SSSR count). The lowest BCUT2D eigenvalue weighted by molar-refractivity contribution is -0.132. The zero-order valence-electron chi connectivity index (χ0n) is 11.0. The van der Waals surface area contributed by atoms with Gasteiger partial charge in [-0.25, -0.2) is 0 Å². The van der Waals surface area contributed by atoms with Gasteiger partial charge in [0.15, 0.2) is 0 Å². The van der Waals surface area contributed by atoms with Gasteiger partial charge in [0, 0.05) is 13.1 Å². The van der Waals surface area contributed by atoms with E-state index in [2.05, 4.69) is 0 Å². The van der Waals surface area contributed by atoms with Gasteiger partial charge in [-0.1, -0.05) is 12.1 Å². The Morgan fingerprint density at radius 1 is 1.47 bits per heavy atom. The van der Waals surface area contributed by atoms with Crippen LogP contribution in [0.4, 0.5) is 0 Å². The number of rotatable bonds is 3. The summed E-state index contributed by atoms with van der Waals surface area (Å²) in [4.78, 5) is 13.8. The van der Waals surface area contributed by atoms with E-state index in [9.17, 15) is 15.0 Å². The molecule has 1 aliphatic heterocycles. The average molecular weight is 264 g/mol. The van der Waals surface area contributed by atoms with Crippen molar-refractivity contribution in [1.29, 1.82) is 0 Å². The number of aromatic hydroxyl groups is 1. The molecule has 5 nitrogen and oxygen atoms in total. The Morgan fingerprint density at radius 2 is 2.11 bits per heavy atom. The van der Waals surface area contributed by atoms with Gasteiger partial charge in [0.1, 0.15) is 5.75 Å². The minimum Gasteiger partial charge on any atom is -0.508 e. The van der Waals surface area contributed by atoms with E-state index in [0.29, 0.717) is 25.9 Å². The second-order valence-corrected chi connectivity index (χ2v) is 5.48.